The topological polar surface area (TPSA) is 59.2 Å². The molecule has 1 aliphatic rings. The number of piperidine rings is 1. The minimum Gasteiger partial charge on any atom is -0.420 e. The third-order valence-corrected chi connectivity index (χ3v) is 5.45. The molecule has 0 N–H and O–H groups in total. The Hall–Kier alpha value is -2.47. The number of hydrogen-bond acceptors (Lipinski definition) is 5. The van der Waals surface area contributed by atoms with Gasteiger partial charge in [0.25, 0.3) is 0 Å². The number of aryl methyl sites for hydroxylation is 1. The molecule has 1 atom stereocenters. The first-order valence-electron chi connectivity index (χ1n) is 8.88. The number of amides is 1. The summed E-state index contributed by atoms with van der Waals surface area (Å²) in [6, 6.07) is 10.1. The summed E-state index contributed by atoms with van der Waals surface area (Å²) in [7, 11) is 0. The van der Waals surface area contributed by atoms with Gasteiger partial charge in [-0.2, -0.15) is 11.3 Å². The largest absolute Gasteiger partial charge is 0.420 e. The van der Waals surface area contributed by atoms with Gasteiger partial charge in [0, 0.05) is 24.0 Å². The average Bonchev–Trinajstić information content (AvgIpc) is 3.33. The molecule has 1 fully saturated rings. The Morgan fingerprint density at radius 1 is 1.35 bits per heavy atom. The van der Waals surface area contributed by atoms with E-state index in [4.69, 9.17) is 4.42 Å². The van der Waals surface area contributed by atoms with Crippen LogP contribution in [0.2, 0.25) is 0 Å². The van der Waals surface area contributed by atoms with Gasteiger partial charge in [-0.3, -0.25) is 4.79 Å². The summed E-state index contributed by atoms with van der Waals surface area (Å²) in [5, 5.41) is 12.4. The van der Waals surface area contributed by atoms with Crippen LogP contribution in [0.4, 0.5) is 0 Å². The molecular weight excluding hydrogens is 346 g/mol. The third kappa shape index (κ3) is 3.70. The van der Waals surface area contributed by atoms with Gasteiger partial charge in [-0.15, -0.1) is 10.2 Å². The van der Waals surface area contributed by atoms with E-state index >= 15 is 0 Å². The number of nitrogens with zero attached hydrogens (tertiary/aromatic N) is 3. The van der Waals surface area contributed by atoms with Crippen LogP contribution < -0.4 is 0 Å². The van der Waals surface area contributed by atoms with Crippen molar-refractivity contribution in [2.24, 2.45) is 0 Å². The van der Waals surface area contributed by atoms with Gasteiger partial charge < -0.3 is 9.32 Å². The van der Waals surface area contributed by atoms with Crippen LogP contribution in [-0.2, 0) is 11.2 Å². The van der Waals surface area contributed by atoms with Gasteiger partial charge in [0.05, 0.1) is 12.3 Å². The van der Waals surface area contributed by atoms with Gasteiger partial charge in [0.2, 0.25) is 17.7 Å². The van der Waals surface area contributed by atoms with Crippen molar-refractivity contribution in [3.05, 3.63) is 58.1 Å². The van der Waals surface area contributed by atoms with Crippen molar-refractivity contribution >= 4 is 17.2 Å². The van der Waals surface area contributed by atoms with E-state index in [1.54, 1.807) is 11.3 Å². The smallest absolute Gasteiger partial charge is 0.248 e. The zero-order valence-electron chi connectivity index (χ0n) is 14.7. The van der Waals surface area contributed by atoms with Crippen LogP contribution in [-0.4, -0.2) is 34.1 Å². The molecule has 134 valence electrons. The summed E-state index contributed by atoms with van der Waals surface area (Å²) >= 11 is 1.60. The second-order valence-corrected chi connectivity index (χ2v) is 7.58. The van der Waals surface area contributed by atoms with Gasteiger partial charge in [-0.05, 0) is 36.8 Å². The number of hydrogen-bond donors (Lipinski definition) is 0. The summed E-state index contributed by atoms with van der Waals surface area (Å²) in [6.45, 7) is 3.49. The highest BCUT2D eigenvalue weighted by Gasteiger charge is 2.28. The number of aromatic nitrogens is 2. The summed E-state index contributed by atoms with van der Waals surface area (Å²) in [5.74, 6) is 1.48. The Morgan fingerprint density at radius 2 is 2.27 bits per heavy atom. The molecule has 1 aliphatic heterocycles. The molecule has 6 heteroatoms. The molecule has 3 aromatic rings. The summed E-state index contributed by atoms with van der Waals surface area (Å²) < 4.78 is 5.88. The highest BCUT2D eigenvalue weighted by molar-refractivity contribution is 7.08. The van der Waals surface area contributed by atoms with E-state index in [1.807, 2.05) is 46.8 Å². The van der Waals surface area contributed by atoms with Gasteiger partial charge in [-0.1, -0.05) is 29.8 Å². The van der Waals surface area contributed by atoms with Crippen molar-refractivity contribution in [3.8, 4) is 11.5 Å². The Kier molecular flexibility index (Phi) is 4.84. The molecule has 1 amide bonds. The minimum absolute atomic E-state index is 0.116. The molecule has 3 heterocycles. The lowest BCUT2D eigenvalue weighted by molar-refractivity contribution is -0.131. The second kappa shape index (κ2) is 7.41. The molecule has 26 heavy (non-hydrogen) atoms. The first-order chi connectivity index (χ1) is 12.7. The summed E-state index contributed by atoms with van der Waals surface area (Å²) in [6.07, 6.45) is 2.37. The fraction of sp³-hybridized carbons (Fsp3) is 0.350. The highest BCUT2D eigenvalue weighted by Crippen LogP contribution is 2.29. The van der Waals surface area contributed by atoms with Crippen LogP contribution in [0.3, 0.4) is 0 Å². The van der Waals surface area contributed by atoms with Crippen molar-refractivity contribution in [3.63, 3.8) is 0 Å². The lowest BCUT2D eigenvalue weighted by Crippen LogP contribution is -2.40. The fourth-order valence-corrected chi connectivity index (χ4v) is 4.05. The molecular formula is C20H21N3O2S. The summed E-state index contributed by atoms with van der Waals surface area (Å²) in [4.78, 5) is 14.6. The van der Waals surface area contributed by atoms with Crippen LogP contribution in [0.15, 0.2) is 45.5 Å². The first kappa shape index (κ1) is 17.0. The van der Waals surface area contributed by atoms with Crippen LogP contribution in [0.25, 0.3) is 11.5 Å². The Balaban J connectivity index is 1.43. The van der Waals surface area contributed by atoms with Crippen LogP contribution in [0.1, 0.15) is 35.8 Å². The van der Waals surface area contributed by atoms with E-state index in [0.717, 1.165) is 30.5 Å². The standard InChI is InChI=1S/C20H21N3O2S/c1-14-4-2-5-15(10-14)11-18(24)23-8-3-6-16(12-23)19-21-22-20(25-19)17-7-9-26-13-17/h2,4-5,7,9-10,13,16H,3,6,8,11-12H2,1H3. The number of rotatable bonds is 4. The third-order valence-electron chi connectivity index (χ3n) is 4.77. The van der Waals surface area contributed by atoms with Gasteiger partial charge in [0.1, 0.15) is 0 Å². The number of thiophene rings is 1. The van der Waals surface area contributed by atoms with Crippen molar-refractivity contribution in [2.75, 3.05) is 13.1 Å². The van der Waals surface area contributed by atoms with E-state index in [-0.39, 0.29) is 11.8 Å². The van der Waals surface area contributed by atoms with E-state index < -0.39 is 0 Å². The molecule has 0 aliphatic carbocycles. The van der Waals surface area contributed by atoms with Gasteiger partial charge in [0.15, 0.2) is 0 Å². The zero-order valence-corrected chi connectivity index (χ0v) is 15.5. The van der Waals surface area contributed by atoms with Gasteiger partial charge >= 0.3 is 0 Å². The number of benzene rings is 1. The lowest BCUT2D eigenvalue weighted by Gasteiger charge is -2.31. The van der Waals surface area contributed by atoms with Gasteiger partial charge in [-0.25, -0.2) is 0 Å². The Labute approximate surface area is 156 Å². The Bertz CT molecular complexity index is 888. The van der Waals surface area contributed by atoms with Crippen molar-refractivity contribution in [1.29, 1.82) is 0 Å². The zero-order chi connectivity index (χ0) is 17.9. The molecule has 1 unspecified atom stereocenters. The minimum atomic E-state index is 0.116. The van der Waals surface area contributed by atoms with Crippen LogP contribution in [0, 0.1) is 6.92 Å². The number of carbonyl (C=O) groups excluding carboxylic acids is 1. The predicted molar refractivity (Wildman–Crippen MR) is 101 cm³/mol. The normalized spacial score (nSPS) is 17.4. The molecule has 0 saturated carbocycles. The molecule has 5 nitrogen and oxygen atoms in total. The second-order valence-electron chi connectivity index (χ2n) is 6.80. The fourth-order valence-electron chi connectivity index (χ4n) is 3.42. The van der Waals surface area contributed by atoms with Crippen LogP contribution >= 0.6 is 11.3 Å². The number of likely N-dealkylation sites (tertiary alicyclic amines) is 1. The predicted octanol–water partition coefficient (Wildman–Crippen LogP) is 4.06. The lowest BCUT2D eigenvalue weighted by atomic mass is 9.97. The summed E-state index contributed by atoms with van der Waals surface area (Å²) in [5.41, 5.74) is 3.20. The molecule has 4 rings (SSSR count). The maximum absolute atomic E-state index is 12.7. The van der Waals surface area contributed by atoms with Crippen molar-refractivity contribution < 1.29 is 9.21 Å². The molecule has 1 aromatic carbocycles. The van der Waals surface area contributed by atoms with Crippen molar-refractivity contribution in [2.45, 2.75) is 32.1 Å². The monoisotopic (exact) mass is 367 g/mol. The highest BCUT2D eigenvalue weighted by atomic mass is 32.1. The van der Waals surface area contributed by atoms with E-state index in [0.29, 0.717) is 24.7 Å². The van der Waals surface area contributed by atoms with E-state index in [9.17, 15) is 4.79 Å². The molecule has 0 bridgehead atoms. The quantitative estimate of drug-likeness (QED) is 0.698. The molecule has 0 radical (unpaired) electrons. The SMILES string of the molecule is Cc1cccc(CC(=O)N2CCCC(c3nnc(-c4ccsc4)o3)C2)c1. The van der Waals surface area contributed by atoms with E-state index in [1.165, 1.54) is 5.56 Å². The molecule has 1 saturated heterocycles. The maximum atomic E-state index is 12.7. The number of carbonyl (C=O) groups is 1. The van der Waals surface area contributed by atoms with E-state index in [2.05, 4.69) is 16.3 Å². The molecule has 0 spiro atoms. The average molecular weight is 367 g/mol. The first-order valence-corrected chi connectivity index (χ1v) is 9.82. The van der Waals surface area contributed by atoms with Crippen LogP contribution in [0.5, 0.6) is 0 Å². The van der Waals surface area contributed by atoms with Crippen molar-refractivity contribution in [1.82, 2.24) is 15.1 Å². The Morgan fingerprint density at radius 3 is 3.08 bits per heavy atom. The molecule has 2 aromatic heterocycles. The maximum Gasteiger partial charge on any atom is 0.248 e.